The van der Waals surface area contributed by atoms with Crippen LogP contribution >= 0.6 is 0 Å². The lowest BCUT2D eigenvalue weighted by molar-refractivity contribution is 0.0593. The lowest BCUT2D eigenvalue weighted by atomic mass is 10.4. The fourth-order valence-corrected chi connectivity index (χ4v) is 1.26. The summed E-state index contributed by atoms with van der Waals surface area (Å²) in [4.78, 5) is 19.1. The third-order valence-electron chi connectivity index (χ3n) is 2.25. The van der Waals surface area contributed by atoms with Gasteiger partial charge in [-0.3, -0.25) is 0 Å². The fraction of sp³-hybridized carbons (Fsp3) is 0.583. The third kappa shape index (κ3) is 6.12. The summed E-state index contributed by atoms with van der Waals surface area (Å²) in [6.45, 7) is 2.58. The zero-order valence-corrected chi connectivity index (χ0v) is 11.2. The molecule has 7 nitrogen and oxygen atoms in total. The van der Waals surface area contributed by atoms with Gasteiger partial charge < -0.3 is 19.5 Å². The zero-order chi connectivity index (χ0) is 13.9. The van der Waals surface area contributed by atoms with E-state index in [0.717, 1.165) is 13.0 Å². The van der Waals surface area contributed by atoms with Gasteiger partial charge in [-0.1, -0.05) is 0 Å². The average Bonchev–Trinajstić information content (AvgIpc) is 2.46. The number of nitrogens with zero attached hydrogens (tertiary/aromatic N) is 2. The summed E-state index contributed by atoms with van der Waals surface area (Å²) in [5.74, 6) is 0.120. The molecule has 0 saturated carbocycles. The fourth-order valence-electron chi connectivity index (χ4n) is 1.26. The van der Waals surface area contributed by atoms with Crippen molar-refractivity contribution in [1.82, 2.24) is 9.97 Å². The Hall–Kier alpha value is -1.73. The van der Waals surface area contributed by atoms with Crippen molar-refractivity contribution < 1.29 is 19.0 Å². The first-order valence-electron chi connectivity index (χ1n) is 5.99. The first kappa shape index (κ1) is 15.3. The van der Waals surface area contributed by atoms with Gasteiger partial charge in [0.25, 0.3) is 0 Å². The summed E-state index contributed by atoms with van der Waals surface area (Å²) in [7, 11) is 2.95. The maximum Gasteiger partial charge on any atom is 0.358 e. The van der Waals surface area contributed by atoms with Crippen molar-refractivity contribution in [2.45, 2.75) is 6.42 Å². The Labute approximate surface area is 112 Å². The molecule has 1 N–H and O–H groups in total. The minimum Gasteiger partial charge on any atom is -0.464 e. The Bertz CT molecular complexity index is 370. The molecule has 0 aliphatic heterocycles. The van der Waals surface area contributed by atoms with Crippen LogP contribution in [0, 0.1) is 0 Å². The predicted molar refractivity (Wildman–Crippen MR) is 69.2 cm³/mol. The molecule has 19 heavy (non-hydrogen) atoms. The van der Waals surface area contributed by atoms with Gasteiger partial charge >= 0.3 is 5.97 Å². The van der Waals surface area contributed by atoms with Crippen molar-refractivity contribution in [3.8, 4) is 0 Å². The maximum absolute atomic E-state index is 11.1. The SMILES string of the molecule is COCCOCCCNc1cnc(C(=O)OC)cn1. The highest BCUT2D eigenvalue weighted by atomic mass is 16.5. The number of aromatic nitrogens is 2. The number of nitrogens with one attached hydrogen (secondary N) is 1. The molecular formula is C12H19N3O4. The molecule has 0 spiro atoms. The molecule has 0 unspecified atom stereocenters. The molecule has 1 aromatic rings. The molecule has 0 aliphatic carbocycles. The number of rotatable bonds is 9. The number of anilines is 1. The van der Waals surface area contributed by atoms with E-state index in [-0.39, 0.29) is 5.69 Å². The van der Waals surface area contributed by atoms with E-state index in [9.17, 15) is 4.79 Å². The minimum atomic E-state index is -0.495. The topological polar surface area (TPSA) is 82.6 Å². The van der Waals surface area contributed by atoms with Crippen molar-refractivity contribution in [2.75, 3.05) is 45.9 Å². The molecule has 1 aromatic heterocycles. The largest absolute Gasteiger partial charge is 0.464 e. The van der Waals surface area contributed by atoms with Gasteiger partial charge in [0.2, 0.25) is 0 Å². The van der Waals surface area contributed by atoms with Crippen molar-refractivity contribution in [1.29, 1.82) is 0 Å². The maximum atomic E-state index is 11.1. The number of ether oxygens (including phenoxy) is 3. The van der Waals surface area contributed by atoms with Gasteiger partial charge in [-0.2, -0.15) is 0 Å². The molecule has 1 rings (SSSR count). The van der Waals surface area contributed by atoms with Crippen LogP contribution in [0.15, 0.2) is 12.4 Å². The third-order valence-corrected chi connectivity index (χ3v) is 2.25. The molecule has 0 radical (unpaired) electrons. The molecule has 106 valence electrons. The summed E-state index contributed by atoms with van der Waals surface area (Å²) in [5.41, 5.74) is 0.191. The summed E-state index contributed by atoms with van der Waals surface area (Å²) < 4.78 is 14.7. The van der Waals surface area contributed by atoms with Crippen molar-refractivity contribution >= 4 is 11.8 Å². The van der Waals surface area contributed by atoms with Crippen LogP contribution in [-0.2, 0) is 14.2 Å². The van der Waals surface area contributed by atoms with E-state index in [4.69, 9.17) is 9.47 Å². The molecule has 0 amide bonds. The van der Waals surface area contributed by atoms with E-state index in [0.29, 0.717) is 25.6 Å². The summed E-state index contributed by atoms with van der Waals surface area (Å²) >= 11 is 0. The van der Waals surface area contributed by atoms with E-state index in [1.807, 2.05) is 0 Å². The minimum absolute atomic E-state index is 0.191. The number of carbonyl (C=O) groups is 1. The molecule has 0 fully saturated rings. The normalized spacial score (nSPS) is 10.2. The van der Waals surface area contributed by atoms with Crippen LogP contribution in [0.5, 0.6) is 0 Å². The second kappa shape index (κ2) is 9.23. The molecule has 0 aromatic carbocycles. The van der Waals surface area contributed by atoms with Gasteiger partial charge in [0, 0.05) is 20.3 Å². The summed E-state index contributed by atoms with van der Waals surface area (Å²) in [6.07, 6.45) is 3.73. The highest BCUT2D eigenvalue weighted by Gasteiger charge is 2.06. The van der Waals surface area contributed by atoms with Crippen molar-refractivity contribution in [3.05, 3.63) is 18.1 Å². The van der Waals surface area contributed by atoms with Crippen LogP contribution in [0.2, 0.25) is 0 Å². The highest BCUT2D eigenvalue weighted by molar-refractivity contribution is 5.86. The molecular weight excluding hydrogens is 250 g/mol. The Morgan fingerprint density at radius 2 is 2.05 bits per heavy atom. The summed E-state index contributed by atoms with van der Waals surface area (Å²) in [6, 6.07) is 0. The van der Waals surface area contributed by atoms with Crippen LogP contribution in [0.4, 0.5) is 5.82 Å². The molecule has 0 bridgehead atoms. The van der Waals surface area contributed by atoms with Crippen LogP contribution in [0.25, 0.3) is 0 Å². The first-order chi connectivity index (χ1) is 9.27. The van der Waals surface area contributed by atoms with Crippen LogP contribution in [0.1, 0.15) is 16.9 Å². The lowest BCUT2D eigenvalue weighted by Gasteiger charge is -2.06. The second-order valence-corrected chi connectivity index (χ2v) is 3.66. The van der Waals surface area contributed by atoms with Gasteiger partial charge in [0.05, 0.1) is 32.7 Å². The van der Waals surface area contributed by atoms with Gasteiger partial charge in [-0.15, -0.1) is 0 Å². The Kier molecular flexibility index (Phi) is 7.45. The number of hydrogen-bond acceptors (Lipinski definition) is 7. The van der Waals surface area contributed by atoms with E-state index < -0.39 is 5.97 Å². The van der Waals surface area contributed by atoms with E-state index in [2.05, 4.69) is 20.0 Å². The quantitative estimate of drug-likeness (QED) is 0.522. The Morgan fingerprint density at radius 3 is 2.68 bits per heavy atom. The van der Waals surface area contributed by atoms with Gasteiger partial charge in [0.15, 0.2) is 5.69 Å². The average molecular weight is 269 g/mol. The number of methoxy groups -OCH3 is 2. The van der Waals surface area contributed by atoms with Crippen LogP contribution in [0.3, 0.4) is 0 Å². The lowest BCUT2D eigenvalue weighted by Crippen LogP contribution is -2.10. The molecule has 1 heterocycles. The van der Waals surface area contributed by atoms with Crippen LogP contribution in [-0.4, -0.2) is 56.5 Å². The van der Waals surface area contributed by atoms with Gasteiger partial charge in [-0.05, 0) is 6.42 Å². The number of hydrogen-bond donors (Lipinski definition) is 1. The van der Waals surface area contributed by atoms with Crippen LogP contribution < -0.4 is 5.32 Å². The van der Waals surface area contributed by atoms with Crippen molar-refractivity contribution in [2.24, 2.45) is 0 Å². The molecule has 7 heteroatoms. The monoisotopic (exact) mass is 269 g/mol. The highest BCUT2D eigenvalue weighted by Crippen LogP contribution is 2.02. The summed E-state index contributed by atoms with van der Waals surface area (Å²) in [5, 5.41) is 3.08. The zero-order valence-electron chi connectivity index (χ0n) is 11.2. The number of esters is 1. The smallest absolute Gasteiger partial charge is 0.358 e. The van der Waals surface area contributed by atoms with E-state index >= 15 is 0 Å². The first-order valence-corrected chi connectivity index (χ1v) is 5.99. The predicted octanol–water partition coefficient (Wildman–Crippen LogP) is 0.728. The van der Waals surface area contributed by atoms with Crippen molar-refractivity contribution in [3.63, 3.8) is 0 Å². The van der Waals surface area contributed by atoms with E-state index in [1.165, 1.54) is 19.5 Å². The Morgan fingerprint density at radius 1 is 1.21 bits per heavy atom. The Balaban J connectivity index is 2.18. The van der Waals surface area contributed by atoms with Gasteiger partial charge in [0.1, 0.15) is 5.82 Å². The standard InChI is InChI=1S/C12H19N3O4/c1-17-6-7-19-5-3-4-13-11-9-14-10(8-15-11)12(16)18-2/h8-9H,3-7H2,1-2H3,(H,13,15). The number of carbonyl (C=O) groups excluding carboxylic acids is 1. The van der Waals surface area contributed by atoms with Gasteiger partial charge in [-0.25, -0.2) is 14.8 Å². The molecule has 0 saturated heterocycles. The second-order valence-electron chi connectivity index (χ2n) is 3.66. The van der Waals surface area contributed by atoms with E-state index in [1.54, 1.807) is 7.11 Å². The molecule has 0 atom stereocenters. The molecule has 0 aliphatic rings.